The van der Waals surface area contributed by atoms with E-state index in [9.17, 15) is 4.39 Å². The molecule has 0 aliphatic rings. The first-order valence-electron chi connectivity index (χ1n) is 4.41. The standard InChI is InChI=1S/C11H15FO/c1-8-6-9(2)11(10(3)7-8)13-5-4-12/h6-7H,4-5H2,1-3H3. The third-order valence-electron chi connectivity index (χ3n) is 1.93. The van der Waals surface area contributed by atoms with Crippen molar-refractivity contribution in [3.63, 3.8) is 0 Å². The van der Waals surface area contributed by atoms with Gasteiger partial charge in [-0.3, -0.25) is 0 Å². The molecule has 0 atom stereocenters. The zero-order valence-corrected chi connectivity index (χ0v) is 8.36. The first-order chi connectivity index (χ1) is 6.15. The number of hydrogen-bond acceptors (Lipinski definition) is 1. The van der Waals surface area contributed by atoms with Gasteiger partial charge in [0.15, 0.2) is 0 Å². The molecule has 1 nitrogen and oxygen atoms in total. The van der Waals surface area contributed by atoms with Gasteiger partial charge >= 0.3 is 0 Å². The summed E-state index contributed by atoms with van der Waals surface area (Å²) in [6.07, 6.45) is 0. The minimum absolute atomic E-state index is 0.144. The normalized spacial score (nSPS) is 10.2. The summed E-state index contributed by atoms with van der Waals surface area (Å²) in [4.78, 5) is 0. The molecule has 1 aromatic carbocycles. The van der Waals surface area contributed by atoms with Crippen LogP contribution in [0.15, 0.2) is 12.1 Å². The molecule has 0 N–H and O–H groups in total. The number of aryl methyl sites for hydroxylation is 3. The first-order valence-corrected chi connectivity index (χ1v) is 4.41. The topological polar surface area (TPSA) is 9.23 Å². The lowest BCUT2D eigenvalue weighted by atomic mass is 10.1. The molecule has 13 heavy (non-hydrogen) atoms. The zero-order chi connectivity index (χ0) is 9.84. The van der Waals surface area contributed by atoms with Crippen LogP contribution in [-0.2, 0) is 0 Å². The van der Waals surface area contributed by atoms with E-state index in [0.717, 1.165) is 16.9 Å². The second-order valence-electron chi connectivity index (χ2n) is 3.27. The van der Waals surface area contributed by atoms with Crippen molar-refractivity contribution in [1.82, 2.24) is 0 Å². The van der Waals surface area contributed by atoms with Gasteiger partial charge in [0.1, 0.15) is 19.0 Å². The van der Waals surface area contributed by atoms with Crippen molar-refractivity contribution >= 4 is 0 Å². The Morgan fingerprint density at radius 3 is 2.15 bits per heavy atom. The highest BCUT2D eigenvalue weighted by atomic mass is 19.1. The fourth-order valence-corrected chi connectivity index (χ4v) is 1.54. The highest BCUT2D eigenvalue weighted by molar-refractivity contribution is 5.42. The highest BCUT2D eigenvalue weighted by Crippen LogP contribution is 2.24. The summed E-state index contributed by atoms with van der Waals surface area (Å²) in [6.45, 7) is 5.71. The Labute approximate surface area is 78.5 Å². The van der Waals surface area contributed by atoms with Crippen molar-refractivity contribution in [1.29, 1.82) is 0 Å². The Morgan fingerprint density at radius 1 is 1.15 bits per heavy atom. The predicted octanol–water partition coefficient (Wildman–Crippen LogP) is 2.96. The summed E-state index contributed by atoms with van der Waals surface area (Å²) >= 11 is 0. The largest absolute Gasteiger partial charge is 0.490 e. The van der Waals surface area contributed by atoms with Gasteiger partial charge in [0.05, 0.1) is 0 Å². The summed E-state index contributed by atoms with van der Waals surface area (Å²) in [5, 5.41) is 0. The molecule has 0 spiro atoms. The van der Waals surface area contributed by atoms with Crippen molar-refractivity contribution in [2.75, 3.05) is 13.3 Å². The van der Waals surface area contributed by atoms with Crippen LogP contribution in [0.3, 0.4) is 0 Å². The third-order valence-corrected chi connectivity index (χ3v) is 1.93. The van der Waals surface area contributed by atoms with Gasteiger partial charge < -0.3 is 4.74 Å². The van der Waals surface area contributed by atoms with Gasteiger partial charge in [0.2, 0.25) is 0 Å². The fourth-order valence-electron chi connectivity index (χ4n) is 1.54. The molecule has 0 aliphatic heterocycles. The van der Waals surface area contributed by atoms with Crippen molar-refractivity contribution < 1.29 is 9.13 Å². The molecule has 0 unspecified atom stereocenters. The number of halogens is 1. The van der Waals surface area contributed by atoms with Crippen LogP contribution in [0.2, 0.25) is 0 Å². The maximum absolute atomic E-state index is 11.9. The lowest BCUT2D eigenvalue weighted by molar-refractivity contribution is 0.270. The summed E-state index contributed by atoms with van der Waals surface area (Å²) in [7, 11) is 0. The molecule has 0 amide bonds. The van der Waals surface area contributed by atoms with Crippen LogP contribution in [0.1, 0.15) is 16.7 Å². The van der Waals surface area contributed by atoms with Crippen LogP contribution in [0.25, 0.3) is 0 Å². The van der Waals surface area contributed by atoms with E-state index in [4.69, 9.17) is 4.74 Å². The summed E-state index contributed by atoms with van der Waals surface area (Å²) in [5.74, 6) is 0.822. The average molecular weight is 182 g/mol. The molecule has 0 saturated carbocycles. The van der Waals surface area contributed by atoms with Crippen LogP contribution in [0, 0.1) is 20.8 Å². The third kappa shape index (κ3) is 2.44. The minimum Gasteiger partial charge on any atom is -0.490 e. The lowest BCUT2D eigenvalue weighted by Crippen LogP contribution is -2.02. The van der Waals surface area contributed by atoms with E-state index in [2.05, 4.69) is 0 Å². The Kier molecular flexibility index (Phi) is 3.29. The van der Waals surface area contributed by atoms with E-state index in [-0.39, 0.29) is 6.61 Å². The molecule has 72 valence electrons. The monoisotopic (exact) mass is 182 g/mol. The van der Waals surface area contributed by atoms with Gasteiger partial charge in [-0.2, -0.15) is 0 Å². The van der Waals surface area contributed by atoms with E-state index in [1.165, 1.54) is 5.56 Å². The highest BCUT2D eigenvalue weighted by Gasteiger charge is 2.03. The predicted molar refractivity (Wildman–Crippen MR) is 52.1 cm³/mol. The zero-order valence-electron chi connectivity index (χ0n) is 8.36. The number of hydrogen-bond donors (Lipinski definition) is 0. The number of ether oxygens (including phenoxy) is 1. The Hall–Kier alpha value is -1.05. The van der Waals surface area contributed by atoms with Gasteiger partial charge in [-0.1, -0.05) is 17.7 Å². The quantitative estimate of drug-likeness (QED) is 0.698. The summed E-state index contributed by atoms with van der Waals surface area (Å²) < 4.78 is 17.2. The molecule has 0 fully saturated rings. The molecule has 2 heteroatoms. The second-order valence-corrected chi connectivity index (χ2v) is 3.27. The average Bonchev–Trinajstić information content (AvgIpc) is 2.02. The van der Waals surface area contributed by atoms with Crippen molar-refractivity contribution in [3.8, 4) is 5.75 Å². The molecule has 1 rings (SSSR count). The van der Waals surface area contributed by atoms with E-state index >= 15 is 0 Å². The van der Waals surface area contributed by atoms with Crippen molar-refractivity contribution in [2.45, 2.75) is 20.8 Å². The molecule has 0 radical (unpaired) electrons. The first kappa shape index (κ1) is 10.0. The number of benzene rings is 1. The molecule has 0 heterocycles. The molecule has 1 aromatic rings. The van der Waals surface area contributed by atoms with Crippen LogP contribution in [-0.4, -0.2) is 13.3 Å². The second kappa shape index (κ2) is 4.26. The molecular formula is C11H15FO. The van der Waals surface area contributed by atoms with Crippen LogP contribution < -0.4 is 4.74 Å². The molecular weight excluding hydrogens is 167 g/mol. The van der Waals surface area contributed by atoms with Crippen LogP contribution >= 0.6 is 0 Å². The van der Waals surface area contributed by atoms with Gasteiger partial charge in [-0.25, -0.2) is 4.39 Å². The smallest absolute Gasteiger partial charge is 0.125 e. The molecule has 0 saturated heterocycles. The van der Waals surface area contributed by atoms with E-state index in [1.54, 1.807) is 0 Å². The molecule has 0 bridgehead atoms. The van der Waals surface area contributed by atoms with Crippen LogP contribution in [0.5, 0.6) is 5.75 Å². The van der Waals surface area contributed by atoms with Crippen molar-refractivity contribution in [2.24, 2.45) is 0 Å². The van der Waals surface area contributed by atoms with E-state index in [1.807, 2.05) is 32.9 Å². The molecule has 0 aliphatic carbocycles. The van der Waals surface area contributed by atoms with Gasteiger partial charge in [0.25, 0.3) is 0 Å². The van der Waals surface area contributed by atoms with Gasteiger partial charge in [-0.05, 0) is 31.9 Å². The lowest BCUT2D eigenvalue weighted by Gasteiger charge is -2.11. The number of alkyl halides is 1. The maximum Gasteiger partial charge on any atom is 0.125 e. The Bertz CT molecular complexity index is 271. The number of rotatable bonds is 3. The Balaban J connectivity index is 2.92. The minimum atomic E-state index is -0.438. The van der Waals surface area contributed by atoms with Crippen molar-refractivity contribution in [3.05, 3.63) is 28.8 Å². The summed E-state index contributed by atoms with van der Waals surface area (Å²) in [6, 6.07) is 4.08. The molecule has 0 aromatic heterocycles. The fraction of sp³-hybridized carbons (Fsp3) is 0.455. The summed E-state index contributed by atoms with van der Waals surface area (Å²) in [5.41, 5.74) is 3.36. The SMILES string of the molecule is Cc1cc(C)c(OCCF)c(C)c1. The van der Waals surface area contributed by atoms with E-state index < -0.39 is 6.67 Å². The van der Waals surface area contributed by atoms with Gasteiger partial charge in [-0.15, -0.1) is 0 Å². The van der Waals surface area contributed by atoms with E-state index in [0.29, 0.717) is 0 Å². The maximum atomic E-state index is 11.9. The van der Waals surface area contributed by atoms with Gasteiger partial charge in [0, 0.05) is 0 Å². The Morgan fingerprint density at radius 2 is 1.69 bits per heavy atom. The van der Waals surface area contributed by atoms with Crippen LogP contribution in [0.4, 0.5) is 4.39 Å².